The Morgan fingerprint density at radius 2 is 1.86 bits per heavy atom. The second-order valence-electron chi connectivity index (χ2n) is 8.15. The van der Waals surface area contributed by atoms with E-state index in [9.17, 15) is 18.0 Å². The Kier molecular flexibility index (Phi) is 7.38. The van der Waals surface area contributed by atoms with Crippen LogP contribution in [0.4, 0.5) is 13.2 Å². The third-order valence-corrected chi connectivity index (χ3v) is 5.82. The smallest absolute Gasteiger partial charge is 0.417 e. The first-order chi connectivity index (χ1) is 16.8. The van der Waals surface area contributed by atoms with E-state index in [0.29, 0.717) is 11.3 Å². The molecule has 3 heterocycles. The van der Waals surface area contributed by atoms with Crippen LogP contribution < -0.4 is 10.1 Å². The van der Waals surface area contributed by atoms with Crippen LogP contribution in [0.2, 0.25) is 0 Å². The van der Waals surface area contributed by atoms with Crippen LogP contribution in [0.15, 0.2) is 60.8 Å². The first kappa shape index (κ1) is 24.3. The highest BCUT2D eigenvalue weighted by Crippen LogP contribution is 2.33. The number of allylic oxidation sites excluding steroid dienone is 2. The summed E-state index contributed by atoms with van der Waals surface area (Å²) in [6, 6.07) is 5.61. The number of nitrogens with zero attached hydrogens (tertiary/aromatic N) is 4. The van der Waals surface area contributed by atoms with Crippen molar-refractivity contribution in [3.8, 4) is 11.8 Å². The minimum absolute atomic E-state index is 0.0000161. The Morgan fingerprint density at radius 3 is 2.49 bits per heavy atom. The molecule has 0 aromatic carbocycles. The van der Waals surface area contributed by atoms with Gasteiger partial charge in [-0.25, -0.2) is 9.97 Å². The van der Waals surface area contributed by atoms with Crippen LogP contribution in [0.25, 0.3) is 5.57 Å². The van der Waals surface area contributed by atoms with E-state index in [4.69, 9.17) is 4.74 Å². The second-order valence-corrected chi connectivity index (χ2v) is 8.15. The molecule has 0 saturated heterocycles. The number of nitrogens with one attached hydrogen (secondary N) is 1. The van der Waals surface area contributed by atoms with E-state index in [0.717, 1.165) is 56.0 Å². The molecule has 1 aliphatic carbocycles. The molecule has 0 atom stereocenters. The average Bonchev–Trinajstić information content (AvgIpc) is 2.86. The molecule has 7 nitrogen and oxygen atoms in total. The van der Waals surface area contributed by atoms with E-state index in [-0.39, 0.29) is 23.7 Å². The summed E-state index contributed by atoms with van der Waals surface area (Å²) in [5, 5.41) is 3.08. The molecule has 1 saturated carbocycles. The van der Waals surface area contributed by atoms with Gasteiger partial charge in [-0.05, 0) is 55.9 Å². The topological polar surface area (TPSA) is 89.9 Å². The zero-order chi connectivity index (χ0) is 24.8. The highest BCUT2D eigenvalue weighted by Gasteiger charge is 2.30. The SMILES string of the molecule is CCC(=C1CCC(NC(=O)c2cccnc2)CC1)c1cncc(Oc2ccc(C(F)(F)F)cn2)n1. The van der Waals surface area contributed by atoms with Crippen molar-refractivity contribution in [2.24, 2.45) is 0 Å². The largest absolute Gasteiger partial charge is 0.419 e. The molecule has 4 rings (SSSR count). The van der Waals surface area contributed by atoms with E-state index < -0.39 is 11.7 Å². The van der Waals surface area contributed by atoms with Crippen molar-refractivity contribution in [1.82, 2.24) is 25.3 Å². The van der Waals surface area contributed by atoms with Crippen molar-refractivity contribution in [3.63, 3.8) is 0 Å². The quantitative estimate of drug-likeness (QED) is 0.490. The Morgan fingerprint density at radius 1 is 1.06 bits per heavy atom. The predicted octanol–water partition coefficient (Wildman–Crippen LogP) is 5.61. The molecule has 1 fully saturated rings. The molecule has 0 bridgehead atoms. The minimum Gasteiger partial charge on any atom is -0.419 e. The molecule has 1 amide bonds. The van der Waals surface area contributed by atoms with Gasteiger partial charge in [-0.15, -0.1) is 0 Å². The summed E-state index contributed by atoms with van der Waals surface area (Å²) in [6.45, 7) is 2.03. The van der Waals surface area contributed by atoms with Gasteiger partial charge in [0.1, 0.15) is 0 Å². The summed E-state index contributed by atoms with van der Waals surface area (Å²) in [4.78, 5) is 28.8. The highest BCUT2D eigenvalue weighted by molar-refractivity contribution is 5.94. The maximum Gasteiger partial charge on any atom is 0.417 e. The lowest BCUT2D eigenvalue weighted by Gasteiger charge is -2.26. The number of ether oxygens (including phenoxy) is 1. The molecular formula is C25H24F3N5O2. The number of pyridine rings is 2. The summed E-state index contributed by atoms with van der Waals surface area (Å²) < 4.78 is 43.8. The summed E-state index contributed by atoms with van der Waals surface area (Å²) in [7, 11) is 0. The van der Waals surface area contributed by atoms with E-state index in [1.807, 2.05) is 6.92 Å². The molecule has 35 heavy (non-hydrogen) atoms. The number of aromatic nitrogens is 4. The van der Waals surface area contributed by atoms with Crippen molar-refractivity contribution in [2.75, 3.05) is 0 Å². The van der Waals surface area contributed by atoms with Gasteiger partial charge < -0.3 is 10.1 Å². The number of alkyl halides is 3. The summed E-state index contributed by atoms with van der Waals surface area (Å²) >= 11 is 0. The van der Waals surface area contributed by atoms with Crippen LogP contribution in [0.1, 0.15) is 60.6 Å². The molecule has 3 aromatic rings. The fraction of sp³-hybridized carbons (Fsp3) is 0.320. The fourth-order valence-corrected chi connectivity index (χ4v) is 4.05. The maximum absolute atomic E-state index is 12.7. The molecule has 0 spiro atoms. The van der Waals surface area contributed by atoms with Crippen LogP contribution in [0, 0.1) is 0 Å². The number of amides is 1. The number of carbonyl (C=O) groups excluding carboxylic acids is 1. The molecule has 1 aliphatic rings. The summed E-state index contributed by atoms with van der Waals surface area (Å²) in [5.41, 5.74) is 2.65. The fourth-order valence-electron chi connectivity index (χ4n) is 4.05. The Bertz CT molecular complexity index is 1190. The standard InChI is InChI=1S/C25H24F3N5O2/c1-2-20(16-5-8-19(9-6-16)32-24(34)17-4-3-11-29-12-17)21-14-30-15-23(33-21)35-22-10-7-18(13-31-22)25(26,27)28/h3-4,7,10-15,19H,2,5-6,8-9H2,1H3,(H,32,34). The van der Waals surface area contributed by atoms with Crippen LogP contribution in [0.3, 0.4) is 0 Å². The molecule has 0 radical (unpaired) electrons. The minimum atomic E-state index is -4.46. The number of rotatable bonds is 6. The predicted molar refractivity (Wildman–Crippen MR) is 123 cm³/mol. The van der Waals surface area contributed by atoms with Gasteiger partial charge in [0, 0.05) is 30.7 Å². The maximum atomic E-state index is 12.7. The first-order valence-corrected chi connectivity index (χ1v) is 11.3. The van der Waals surface area contributed by atoms with Crippen LogP contribution >= 0.6 is 0 Å². The van der Waals surface area contributed by atoms with Gasteiger partial charge in [0.05, 0.1) is 29.2 Å². The normalized spacial score (nSPS) is 16.0. The van der Waals surface area contributed by atoms with Gasteiger partial charge in [-0.2, -0.15) is 13.2 Å². The lowest BCUT2D eigenvalue weighted by atomic mass is 9.86. The van der Waals surface area contributed by atoms with Crippen molar-refractivity contribution in [2.45, 2.75) is 51.2 Å². The molecule has 10 heteroatoms. The third kappa shape index (κ3) is 6.20. The van der Waals surface area contributed by atoms with Gasteiger partial charge in [-0.1, -0.05) is 12.5 Å². The van der Waals surface area contributed by atoms with Crippen LogP contribution in [-0.4, -0.2) is 31.9 Å². The highest BCUT2D eigenvalue weighted by atomic mass is 19.4. The number of hydrogen-bond acceptors (Lipinski definition) is 6. The van der Waals surface area contributed by atoms with E-state index in [1.165, 1.54) is 11.8 Å². The third-order valence-electron chi connectivity index (χ3n) is 5.82. The van der Waals surface area contributed by atoms with Crippen LogP contribution in [0.5, 0.6) is 11.8 Å². The van der Waals surface area contributed by atoms with Gasteiger partial charge >= 0.3 is 6.18 Å². The second kappa shape index (κ2) is 10.6. The van der Waals surface area contributed by atoms with Crippen molar-refractivity contribution < 1.29 is 22.7 Å². The number of carbonyl (C=O) groups is 1. The monoisotopic (exact) mass is 483 g/mol. The van der Waals surface area contributed by atoms with Gasteiger partial charge in [-0.3, -0.25) is 14.8 Å². The van der Waals surface area contributed by atoms with E-state index in [1.54, 1.807) is 30.7 Å². The zero-order valence-electron chi connectivity index (χ0n) is 19.0. The number of halogens is 3. The van der Waals surface area contributed by atoms with Gasteiger partial charge in [0.15, 0.2) is 0 Å². The van der Waals surface area contributed by atoms with Crippen molar-refractivity contribution >= 4 is 11.5 Å². The molecule has 3 aromatic heterocycles. The van der Waals surface area contributed by atoms with Crippen molar-refractivity contribution in [3.05, 3.63) is 77.6 Å². The number of hydrogen-bond donors (Lipinski definition) is 1. The Hall–Kier alpha value is -3.82. The Labute approximate surface area is 200 Å². The Balaban J connectivity index is 1.42. The van der Waals surface area contributed by atoms with Gasteiger partial charge in [0.2, 0.25) is 11.8 Å². The lowest BCUT2D eigenvalue weighted by molar-refractivity contribution is -0.137. The first-order valence-electron chi connectivity index (χ1n) is 11.3. The molecule has 1 N–H and O–H groups in total. The lowest BCUT2D eigenvalue weighted by Crippen LogP contribution is -2.36. The molecule has 0 unspecified atom stereocenters. The van der Waals surface area contributed by atoms with E-state index in [2.05, 4.69) is 25.3 Å². The summed E-state index contributed by atoms with van der Waals surface area (Å²) in [6.07, 6.45) is 6.46. The molecule has 0 aliphatic heterocycles. The van der Waals surface area contributed by atoms with Crippen LogP contribution in [-0.2, 0) is 6.18 Å². The van der Waals surface area contributed by atoms with Gasteiger partial charge in [0.25, 0.3) is 5.91 Å². The average molecular weight is 483 g/mol. The molecule has 182 valence electrons. The van der Waals surface area contributed by atoms with Crippen molar-refractivity contribution in [1.29, 1.82) is 0 Å². The zero-order valence-corrected chi connectivity index (χ0v) is 19.0. The summed E-state index contributed by atoms with van der Waals surface area (Å²) in [5.74, 6) is 0.0255. The molecular weight excluding hydrogens is 459 g/mol. The van der Waals surface area contributed by atoms with E-state index >= 15 is 0 Å².